The van der Waals surface area contributed by atoms with Crippen LogP contribution in [-0.4, -0.2) is 15.9 Å². The summed E-state index contributed by atoms with van der Waals surface area (Å²) in [7, 11) is 0. The fourth-order valence-electron chi connectivity index (χ4n) is 5.52. The summed E-state index contributed by atoms with van der Waals surface area (Å²) in [5.74, 6) is 1.10. The predicted octanol–water partition coefficient (Wildman–Crippen LogP) is 11.1. The minimum atomic E-state index is 0. The number of allylic oxidation sites excluding steroid dienone is 2. The summed E-state index contributed by atoms with van der Waals surface area (Å²) in [6, 6.07) is 11.3. The molecule has 3 aromatic rings. The maximum absolute atomic E-state index is 12.1. The third-order valence-electron chi connectivity index (χ3n) is 7.79. The molecular formula is C37H53IrNO2S-2. The van der Waals surface area contributed by atoms with E-state index < -0.39 is 0 Å². The van der Waals surface area contributed by atoms with Crippen LogP contribution in [0.1, 0.15) is 122 Å². The van der Waals surface area contributed by atoms with E-state index in [4.69, 9.17) is 4.98 Å². The van der Waals surface area contributed by atoms with E-state index in [1.54, 1.807) is 6.92 Å². The van der Waals surface area contributed by atoms with Gasteiger partial charge in [-0.25, -0.2) is 29.0 Å². The fourth-order valence-corrected chi connectivity index (χ4v) is 7.24. The van der Waals surface area contributed by atoms with Crippen LogP contribution in [0, 0.1) is 43.2 Å². The molecule has 0 spiro atoms. The zero-order valence-corrected chi connectivity index (χ0v) is 31.3. The molecule has 2 aromatic heterocycles. The Morgan fingerprint density at radius 2 is 1.57 bits per heavy atom. The number of benzene rings is 1. The first kappa shape index (κ1) is 38.2. The van der Waals surface area contributed by atoms with Gasteiger partial charge in [-0.1, -0.05) is 80.9 Å². The third-order valence-corrected chi connectivity index (χ3v) is 9.01. The molecule has 0 bridgehead atoms. The number of pyridine rings is 1. The fraction of sp³-hybridized carbons (Fsp3) is 0.568. The Bertz CT molecular complexity index is 1320. The standard InChI is InChI=1S/C23H27NS.C14H26O2.Ir/c1-14(2)20-19(13-23(5,6)7)25-22-18(8-9-24-21(20)22)17-11-15(3)10-16(4)12-17;1-6-11(7-2)13(15)10(5)14(16)12(8-3)9-4;/h9-11,14H,13H2,1-7H3;11-12,15H,6-9H2,1-5H3;/q-2;;. The van der Waals surface area contributed by atoms with Crippen LogP contribution in [-0.2, 0) is 31.3 Å². The summed E-state index contributed by atoms with van der Waals surface area (Å²) in [6.07, 6.45) is 6.39. The van der Waals surface area contributed by atoms with Crippen molar-refractivity contribution in [1.29, 1.82) is 0 Å². The number of fused-ring (bicyclic) bond motifs is 1. The van der Waals surface area contributed by atoms with Crippen molar-refractivity contribution in [2.24, 2.45) is 17.3 Å². The predicted molar refractivity (Wildman–Crippen MR) is 178 cm³/mol. The van der Waals surface area contributed by atoms with Crippen LogP contribution in [0.15, 0.2) is 29.7 Å². The number of carbonyl (C=O) groups excluding carboxylic acids is 1. The van der Waals surface area contributed by atoms with E-state index in [1.165, 1.54) is 26.3 Å². The van der Waals surface area contributed by atoms with Crippen molar-refractivity contribution in [1.82, 2.24) is 4.98 Å². The molecule has 0 aliphatic rings. The number of aliphatic hydroxyl groups is 1. The van der Waals surface area contributed by atoms with Gasteiger partial charge in [0.05, 0.1) is 0 Å². The van der Waals surface area contributed by atoms with Gasteiger partial charge in [-0.3, -0.25) is 15.3 Å². The molecule has 0 aliphatic heterocycles. The number of hydrogen-bond donors (Lipinski definition) is 1. The van der Waals surface area contributed by atoms with Gasteiger partial charge >= 0.3 is 0 Å². The Hall–Kier alpha value is -1.81. The van der Waals surface area contributed by atoms with E-state index in [2.05, 4.69) is 72.7 Å². The molecule has 0 unspecified atom stereocenters. The summed E-state index contributed by atoms with van der Waals surface area (Å²) < 4.78 is 1.26. The SMILES string of the molecule is CCC(CC)C(=O)C(C)=C(O)C(CC)CC.Cc1[c-]c(-c2[c-]cnc3c(C(C)C)c(CC(C)(C)C)sc23)cc(C)c1.[Ir]. The number of rotatable bonds is 10. The van der Waals surface area contributed by atoms with Gasteiger partial charge in [0.25, 0.3) is 0 Å². The van der Waals surface area contributed by atoms with E-state index in [9.17, 15) is 9.90 Å². The molecule has 5 heteroatoms. The van der Waals surface area contributed by atoms with Crippen molar-refractivity contribution in [3.63, 3.8) is 0 Å². The minimum absolute atomic E-state index is 0. The Morgan fingerprint density at radius 3 is 2.05 bits per heavy atom. The molecule has 0 saturated heterocycles. The minimum Gasteiger partial charge on any atom is -0.512 e. The van der Waals surface area contributed by atoms with Crippen molar-refractivity contribution in [2.75, 3.05) is 0 Å². The van der Waals surface area contributed by atoms with Crippen LogP contribution in [0.3, 0.4) is 0 Å². The Morgan fingerprint density at radius 1 is 1.00 bits per heavy atom. The molecule has 0 fully saturated rings. The summed E-state index contributed by atoms with van der Waals surface area (Å²) in [5.41, 5.74) is 8.11. The van der Waals surface area contributed by atoms with Crippen LogP contribution < -0.4 is 0 Å². The zero-order valence-electron chi connectivity index (χ0n) is 28.0. The average molecular weight is 768 g/mol. The van der Waals surface area contributed by atoms with Crippen molar-refractivity contribution in [2.45, 2.75) is 121 Å². The van der Waals surface area contributed by atoms with Gasteiger partial charge in [0.2, 0.25) is 0 Å². The van der Waals surface area contributed by atoms with Crippen LogP contribution in [0.4, 0.5) is 0 Å². The number of aromatic nitrogens is 1. The second-order valence-corrected chi connectivity index (χ2v) is 14.0. The molecule has 1 N–H and O–H groups in total. The van der Waals surface area contributed by atoms with Crippen LogP contribution in [0.25, 0.3) is 21.3 Å². The van der Waals surface area contributed by atoms with Crippen LogP contribution in [0.2, 0.25) is 0 Å². The Labute approximate surface area is 274 Å². The van der Waals surface area contributed by atoms with Gasteiger partial charge in [-0.15, -0.1) is 17.2 Å². The normalized spacial score (nSPS) is 12.4. The van der Waals surface area contributed by atoms with Crippen molar-refractivity contribution >= 4 is 27.3 Å². The summed E-state index contributed by atoms with van der Waals surface area (Å²) in [6.45, 7) is 25.6. The number of nitrogens with zero attached hydrogens (tertiary/aromatic N) is 1. The number of thiophene rings is 1. The quantitative estimate of drug-likeness (QED) is 0.127. The van der Waals surface area contributed by atoms with Crippen molar-refractivity contribution in [3.8, 4) is 11.1 Å². The third kappa shape index (κ3) is 9.86. The Balaban J connectivity index is 0.000000455. The molecule has 3 rings (SSSR count). The molecular weight excluding hydrogens is 715 g/mol. The summed E-state index contributed by atoms with van der Waals surface area (Å²) in [4.78, 5) is 18.3. The van der Waals surface area contributed by atoms with Gasteiger partial charge in [-0.2, -0.15) is 6.07 Å². The largest absolute Gasteiger partial charge is 0.512 e. The van der Waals surface area contributed by atoms with Gasteiger partial charge in [0, 0.05) is 43.0 Å². The van der Waals surface area contributed by atoms with E-state index >= 15 is 0 Å². The summed E-state index contributed by atoms with van der Waals surface area (Å²) in [5, 5.41) is 10.0. The molecule has 42 heavy (non-hydrogen) atoms. The molecule has 3 nitrogen and oxygen atoms in total. The van der Waals surface area contributed by atoms with Gasteiger partial charge in [-0.05, 0) is 67.0 Å². The van der Waals surface area contributed by atoms with E-state index in [-0.39, 0.29) is 43.1 Å². The second kappa shape index (κ2) is 16.9. The number of ketones is 1. The van der Waals surface area contributed by atoms with E-state index in [1.807, 2.05) is 45.2 Å². The van der Waals surface area contributed by atoms with Gasteiger partial charge in [0.1, 0.15) is 5.76 Å². The van der Waals surface area contributed by atoms with Gasteiger partial charge in [0.15, 0.2) is 5.78 Å². The first-order valence-corrected chi connectivity index (χ1v) is 16.3. The second-order valence-electron chi connectivity index (χ2n) is 12.9. The molecule has 0 saturated carbocycles. The van der Waals surface area contributed by atoms with Crippen LogP contribution in [0.5, 0.6) is 0 Å². The first-order chi connectivity index (χ1) is 19.2. The van der Waals surface area contributed by atoms with Gasteiger partial charge < -0.3 is 5.11 Å². The number of aliphatic hydroxyl groups excluding tert-OH is 1. The molecule has 0 atom stereocenters. The maximum atomic E-state index is 12.1. The number of aryl methyl sites for hydroxylation is 2. The van der Waals surface area contributed by atoms with E-state index in [0.717, 1.165) is 48.7 Å². The molecule has 0 amide bonds. The van der Waals surface area contributed by atoms with Crippen molar-refractivity contribution in [3.05, 3.63) is 63.4 Å². The zero-order chi connectivity index (χ0) is 31.1. The topological polar surface area (TPSA) is 50.2 Å². The number of hydrogen-bond acceptors (Lipinski definition) is 4. The maximum Gasteiger partial charge on any atom is 0.164 e. The molecule has 235 valence electrons. The molecule has 2 heterocycles. The Kier molecular flexibility index (Phi) is 15.4. The number of Topliss-reactive ketones (excluding diaryl/α,β-unsaturated/α-hetero) is 1. The molecule has 1 aromatic carbocycles. The molecule has 0 aliphatic carbocycles. The average Bonchev–Trinajstić information content (AvgIpc) is 3.25. The molecule has 1 radical (unpaired) electrons. The first-order valence-electron chi connectivity index (χ1n) is 15.5. The monoisotopic (exact) mass is 768 g/mol. The van der Waals surface area contributed by atoms with Crippen molar-refractivity contribution < 1.29 is 30.0 Å². The van der Waals surface area contributed by atoms with E-state index in [0.29, 0.717) is 17.3 Å². The summed E-state index contributed by atoms with van der Waals surface area (Å²) >= 11 is 1.90. The van der Waals surface area contributed by atoms with Crippen LogP contribution >= 0.6 is 11.3 Å². The number of carbonyl (C=O) groups is 1. The smallest absolute Gasteiger partial charge is 0.164 e.